The van der Waals surface area contributed by atoms with E-state index in [0.717, 1.165) is 13.2 Å². The monoisotopic (exact) mass is 249 g/mol. The number of nitrogen functional groups attached to an aromatic ring is 1. The van der Waals surface area contributed by atoms with Crippen molar-refractivity contribution < 1.29 is 24.2 Å². The van der Waals surface area contributed by atoms with Crippen molar-refractivity contribution >= 4 is 15.9 Å². The lowest BCUT2D eigenvalue weighted by molar-refractivity contribution is 0.361. The zero-order valence-corrected chi connectivity index (χ0v) is 8.33. The van der Waals surface area contributed by atoms with Crippen molar-refractivity contribution in [3.63, 3.8) is 0 Å². The number of hydrogen-bond donors (Lipinski definition) is 1. The summed E-state index contributed by atoms with van der Waals surface area (Å²) in [7, 11) is -8.62. The second kappa shape index (κ2) is 2.49. The van der Waals surface area contributed by atoms with E-state index >= 15 is 0 Å². The smallest absolute Gasteiger partial charge is 0.310 e. The highest BCUT2D eigenvalue weighted by Crippen LogP contribution is 3.02. The molecule has 8 heteroatoms. The van der Waals surface area contributed by atoms with Crippen LogP contribution in [0.15, 0.2) is 23.1 Å². The molecule has 1 aromatic carbocycles. The van der Waals surface area contributed by atoms with Gasteiger partial charge in [-0.2, -0.15) is 0 Å². The van der Waals surface area contributed by atoms with Crippen LogP contribution in [0.5, 0.6) is 5.75 Å². The molecule has 0 bridgehead atoms. The Morgan fingerprint density at radius 3 is 2.00 bits per heavy atom. The molecule has 2 N–H and O–H groups in total. The molecular formula is C7H8F5NOS. The molecule has 0 saturated carbocycles. The van der Waals surface area contributed by atoms with Gasteiger partial charge in [-0.25, -0.2) is 0 Å². The molecule has 1 aromatic rings. The topological polar surface area (TPSA) is 35.2 Å². The summed E-state index contributed by atoms with van der Waals surface area (Å²) in [5.41, 5.74) is 4.62. The standard InChI is InChI=1S/C7H8F5NOS/c1-14-6-2-5(13)3-7(4-6)15(8,9,10,11)12/h2-4H,13H2,1H3. The Kier molecular flexibility index (Phi) is 1.97. The van der Waals surface area contributed by atoms with E-state index in [0.29, 0.717) is 0 Å². The molecule has 1 rings (SSSR count). The van der Waals surface area contributed by atoms with Crippen LogP contribution in [0.1, 0.15) is 0 Å². The number of rotatable bonds is 2. The molecular weight excluding hydrogens is 241 g/mol. The third-order valence-electron chi connectivity index (χ3n) is 1.58. The molecule has 0 heterocycles. The molecule has 0 spiro atoms. The Morgan fingerprint density at radius 1 is 1.07 bits per heavy atom. The van der Waals surface area contributed by atoms with Crippen LogP contribution in [-0.4, -0.2) is 7.11 Å². The van der Waals surface area contributed by atoms with Crippen LogP contribution in [0.25, 0.3) is 0 Å². The van der Waals surface area contributed by atoms with Crippen LogP contribution in [0.4, 0.5) is 25.1 Å². The molecule has 0 aliphatic heterocycles. The van der Waals surface area contributed by atoms with Gasteiger partial charge in [0.1, 0.15) is 10.6 Å². The maximum absolute atomic E-state index is 12.3. The Balaban J connectivity index is 3.47. The number of ether oxygens (including phenoxy) is 1. The van der Waals surface area contributed by atoms with Gasteiger partial charge >= 0.3 is 10.2 Å². The number of methoxy groups -OCH3 is 1. The van der Waals surface area contributed by atoms with Gasteiger partial charge < -0.3 is 10.5 Å². The first-order chi connectivity index (χ1) is 6.42. The van der Waals surface area contributed by atoms with E-state index in [9.17, 15) is 19.4 Å². The van der Waals surface area contributed by atoms with Gasteiger partial charge in [-0.1, -0.05) is 19.4 Å². The highest BCUT2D eigenvalue weighted by Gasteiger charge is 2.65. The van der Waals surface area contributed by atoms with Gasteiger partial charge in [-0.3, -0.25) is 0 Å². The molecule has 88 valence electrons. The molecule has 0 aliphatic carbocycles. The van der Waals surface area contributed by atoms with Crippen molar-refractivity contribution in [3.05, 3.63) is 18.2 Å². The maximum atomic E-state index is 12.3. The largest absolute Gasteiger partial charge is 0.497 e. The van der Waals surface area contributed by atoms with Crippen LogP contribution in [0, 0.1) is 0 Å². The minimum Gasteiger partial charge on any atom is -0.497 e. The summed E-state index contributed by atoms with van der Waals surface area (Å²) in [5, 5.41) is 0. The van der Waals surface area contributed by atoms with Crippen molar-refractivity contribution in [1.82, 2.24) is 0 Å². The van der Waals surface area contributed by atoms with E-state index in [1.165, 1.54) is 0 Å². The van der Waals surface area contributed by atoms with E-state index < -0.39 is 20.8 Å². The SMILES string of the molecule is COc1cc(N)cc(S(F)(F)(F)(F)F)c1. The molecule has 0 unspecified atom stereocenters. The lowest BCUT2D eigenvalue weighted by atomic mass is 10.3. The highest BCUT2D eigenvalue weighted by atomic mass is 32.5. The van der Waals surface area contributed by atoms with Gasteiger partial charge in [0.15, 0.2) is 0 Å². The van der Waals surface area contributed by atoms with E-state index in [1.807, 2.05) is 0 Å². The fraction of sp³-hybridized carbons (Fsp3) is 0.143. The number of anilines is 1. The zero-order chi connectivity index (χ0) is 12.0. The lowest BCUT2D eigenvalue weighted by Gasteiger charge is -2.40. The fourth-order valence-corrected chi connectivity index (χ4v) is 1.63. The first-order valence-electron chi connectivity index (χ1n) is 3.61. The van der Waals surface area contributed by atoms with Crippen molar-refractivity contribution in [1.29, 1.82) is 0 Å². The Labute approximate surface area is 82.6 Å². The minimum atomic E-state index is -9.67. The average molecular weight is 249 g/mol. The van der Waals surface area contributed by atoms with Crippen molar-refractivity contribution in [2.45, 2.75) is 4.90 Å². The van der Waals surface area contributed by atoms with Crippen LogP contribution >= 0.6 is 10.2 Å². The quantitative estimate of drug-likeness (QED) is 0.636. The maximum Gasteiger partial charge on any atom is 0.310 e. The summed E-state index contributed by atoms with van der Waals surface area (Å²) in [6, 6.07) is 1.43. The fourth-order valence-electron chi connectivity index (χ4n) is 0.934. The number of nitrogens with two attached hydrogens (primary N) is 1. The second-order valence-corrected chi connectivity index (χ2v) is 5.32. The zero-order valence-electron chi connectivity index (χ0n) is 7.52. The summed E-state index contributed by atoms with van der Waals surface area (Å²) in [5.74, 6) is -0.363. The molecule has 2 nitrogen and oxygen atoms in total. The number of halogens is 5. The molecule has 15 heavy (non-hydrogen) atoms. The molecule has 0 saturated heterocycles. The van der Waals surface area contributed by atoms with Gasteiger partial charge in [0.2, 0.25) is 0 Å². The van der Waals surface area contributed by atoms with Gasteiger partial charge in [0, 0.05) is 17.8 Å². The second-order valence-electron chi connectivity index (χ2n) is 2.91. The summed E-state index contributed by atoms with van der Waals surface area (Å²) < 4.78 is 66.1. The molecule has 0 aromatic heterocycles. The number of benzene rings is 1. The van der Waals surface area contributed by atoms with Gasteiger partial charge in [-0.05, 0) is 6.07 Å². The molecule has 0 aliphatic rings. The molecule has 0 fully saturated rings. The summed E-state index contributed by atoms with van der Waals surface area (Å²) in [6.45, 7) is 0. The Bertz CT molecular complexity index is 401. The van der Waals surface area contributed by atoms with Gasteiger partial charge in [0.25, 0.3) is 0 Å². The summed E-state index contributed by atoms with van der Waals surface area (Å²) in [4.78, 5) is -2.05. The average Bonchev–Trinajstić information content (AvgIpc) is 1.99. The first kappa shape index (κ1) is 11.9. The highest BCUT2D eigenvalue weighted by molar-refractivity contribution is 8.45. The van der Waals surface area contributed by atoms with E-state index in [4.69, 9.17) is 5.73 Å². The Hall–Kier alpha value is -1.18. The normalized spacial score (nSPS) is 16.7. The summed E-state index contributed by atoms with van der Waals surface area (Å²) >= 11 is 0. The molecule has 0 amide bonds. The van der Waals surface area contributed by atoms with Crippen molar-refractivity contribution in [2.75, 3.05) is 12.8 Å². The predicted octanol–water partition coefficient (Wildman–Crippen LogP) is 3.93. The third-order valence-corrected chi connectivity index (χ3v) is 2.71. The lowest BCUT2D eigenvalue weighted by Crippen LogP contribution is -2.07. The summed E-state index contributed by atoms with van der Waals surface area (Å²) in [6.07, 6.45) is 0. The molecule has 0 radical (unpaired) electrons. The molecule has 0 atom stereocenters. The minimum absolute atomic E-state index is 0.185. The van der Waals surface area contributed by atoms with E-state index in [-0.39, 0.29) is 17.9 Å². The van der Waals surface area contributed by atoms with Gasteiger partial charge in [0.05, 0.1) is 7.11 Å². The van der Waals surface area contributed by atoms with Crippen molar-refractivity contribution in [3.8, 4) is 5.75 Å². The van der Waals surface area contributed by atoms with Crippen molar-refractivity contribution in [2.24, 2.45) is 0 Å². The van der Waals surface area contributed by atoms with E-state index in [1.54, 1.807) is 0 Å². The van der Waals surface area contributed by atoms with Crippen LogP contribution in [-0.2, 0) is 0 Å². The predicted molar refractivity (Wildman–Crippen MR) is 48.8 cm³/mol. The third kappa shape index (κ3) is 2.88. The van der Waals surface area contributed by atoms with Crippen LogP contribution in [0.2, 0.25) is 0 Å². The van der Waals surface area contributed by atoms with Gasteiger partial charge in [-0.15, -0.1) is 0 Å². The van der Waals surface area contributed by atoms with E-state index in [2.05, 4.69) is 4.74 Å². The first-order valence-corrected chi connectivity index (χ1v) is 5.56. The van der Waals surface area contributed by atoms with Crippen LogP contribution < -0.4 is 10.5 Å². The van der Waals surface area contributed by atoms with Crippen LogP contribution in [0.3, 0.4) is 0 Å². The number of hydrogen-bond acceptors (Lipinski definition) is 2. The Morgan fingerprint density at radius 2 is 1.60 bits per heavy atom.